The van der Waals surface area contributed by atoms with E-state index < -0.39 is 5.41 Å². The van der Waals surface area contributed by atoms with Crippen LogP contribution in [0.3, 0.4) is 0 Å². The molecule has 1 atom stereocenters. The van der Waals surface area contributed by atoms with Gasteiger partial charge in [0.05, 0.1) is 6.04 Å². The normalized spacial score (nSPS) is 12.5. The predicted molar refractivity (Wildman–Crippen MR) is 93.9 cm³/mol. The predicted octanol–water partition coefficient (Wildman–Crippen LogP) is 4.06. The molecule has 0 aliphatic carbocycles. The lowest BCUT2D eigenvalue weighted by atomic mass is 9.95. The summed E-state index contributed by atoms with van der Waals surface area (Å²) < 4.78 is 5.52. The highest BCUT2D eigenvalue weighted by Crippen LogP contribution is 2.19. The van der Waals surface area contributed by atoms with Crippen LogP contribution in [0.15, 0.2) is 40.8 Å². The van der Waals surface area contributed by atoms with Gasteiger partial charge < -0.3 is 15.1 Å². The van der Waals surface area contributed by atoms with Crippen LogP contribution < -0.4 is 10.6 Å². The number of benzene rings is 1. The minimum absolute atomic E-state index is 0.0977. The molecule has 0 bridgehead atoms. The molecule has 5 heteroatoms. The standard InChI is InChI=1S/C19H24N2O3/c1-12-9-10-16(24-12)13(2)20-17(22)14-7-6-8-15(11-14)21-18(23)19(3,4)5/h6-11,13H,1-5H3,(H,20,22)(H,21,23). The highest BCUT2D eigenvalue weighted by atomic mass is 16.3. The van der Waals surface area contributed by atoms with Gasteiger partial charge >= 0.3 is 0 Å². The Kier molecular flexibility index (Phi) is 5.12. The summed E-state index contributed by atoms with van der Waals surface area (Å²) in [5, 5.41) is 5.72. The molecule has 1 unspecified atom stereocenters. The van der Waals surface area contributed by atoms with Crippen LogP contribution in [0, 0.1) is 12.3 Å². The molecule has 1 aromatic carbocycles. The SMILES string of the molecule is Cc1ccc(C(C)NC(=O)c2cccc(NC(=O)C(C)(C)C)c2)o1. The van der Waals surface area contributed by atoms with Crippen molar-refractivity contribution in [3.05, 3.63) is 53.5 Å². The second-order valence-electron chi connectivity index (χ2n) is 6.93. The van der Waals surface area contributed by atoms with Crippen LogP contribution in [-0.4, -0.2) is 11.8 Å². The molecule has 2 aromatic rings. The fourth-order valence-electron chi connectivity index (χ4n) is 2.09. The van der Waals surface area contributed by atoms with E-state index in [0.717, 1.165) is 5.76 Å². The summed E-state index contributed by atoms with van der Waals surface area (Å²) in [6, 6.07) is 10.4. The first-order chi connectivity index (χ1) is 11.2. The minimum Gasteiger partial charge on any atom is -0.464 e. The molecular formula is C19H24N2O3. The maximum absolute atomic E-state index is 12.4. The molecule has 0 aliphatic heterocycles. The monoisotopic (exact) mass is 328 g/mol. The lowest BCUT2D eigenvalue weighted by molar-refractivity contribution is -0.123. The van der Waals surface area contributed by atoms with Crippen LogP contribution in [0.1, 0.15) is 55.6 Å². The van der Waals surface area contributed by atoms with Gasteiger partial charge in [-0.1, -0.05) is 26.8 Å². The van der Waals surface area contributed by atoms with E-state index in [9.17, 15) is 9.59 Å². The Labute approximate surface area is 142 Å². The van der Waals surface area contributed by atoms with Crippen molar-refractivity contribution in [3.63, 3.8) is 0 Å². The molecule has 2 N–H and O–H groups in total. The number of aryl methyl sites for hydroxylation is 1. The Morgan fingerprint density at radius 2 is 1.83 bits per heavy atom. The van der Waals surface area contributed by atoms with Crippen molar-refractivity contribution in [2.24, 2.45) is 5.41 Å². The summed E-state index contributed by atoms with van der Waals surface area (Å²) in [6.07, 6.45) is 0. The van der Waals surface area contributed by atoms with E-state index in [1.165, 1.54) is 0 Å². The van der Waals surface area contributed by atoms with Gasteiger partial charge in [-0.25, -0.2) is 0 Å². The van der Waals surface area contributed by atoms with Crippen molar-refractivity contribution >= 4 is 17.5 Å². The van der Waals surface area contributed by atoms with Crippen LogP contribution >= 0.6 is 0 Å². The third-order valence-electron chi connectivity index (χ3n) is 3.60. The quantitative estimate of drug-likeness (QED) is 0.889. The molecule has 0 radical (unpaired) electrons. The lowest BCUT2D eigenvalue weighted by Gasteiger charge is -2.18. The second-order valence-corrected chi connectivity index (χ2v) is 6.93. The van der Waals surface area contributed by atoms with E-state index in [2.05, 4.69) is 10.6 Å². The molecule has 0 fully saturated rings. The Morgan fingerprint density at radius 1 is 1.12 bits per heavy atom. The van der Waals surface area contributed by atoms with Crippen LogP contribution in [0.5, 0.6) is 0 Å². The molecule has 0 saturated carbocycles. The first-order valence-corrected chi connectivity index (χ1v) is 7.95. The van der Waals surface area contributed by atoms with Crippen molar-refractivity contribution in [1.29, 1.82) is 0 Å². The zero-order valence-electron chi connectivity index (χ0n) is 14.8. The maximum atomic E-state index is 12.4. The number of carbonyl (C=O) groups is 2. The van der Waals surface area contributed by atoms with Crippen LogP contribution in [0.25, 0.3) is 0 Å². The van der Waals surface area contributed by atoms with Crippen molar-refractivity contribution in [1.82, 2.24) is 5.32 Å². The summed E-state index contributed by atoms with van der Waals surface area (Å²) in [5.74, 6) is 1.19. The third kappa shape index (κ3) is 4.47. The first-order valence-electron chi connectivity index (χ1n) is 7.95. The lowest BCUT2D eigenvalue weighted by Crippen LogP contribution is -2.28. The van der Waals surface area contributed by atoms with Gasteiger partial charge in [0.25, 0.3) is 5.91 Å². The molecule has 2 amide bonds. The molecule has 0 aliphatic rings. The average molecular weight is 328 g/mol. The molecule has 2 rings (SSSR count). The molecule has 0 spiro atoms. The number of carbonyl (C=O) groups excluding carboxylic acids is 2. The Morgan fingerprint density at radius 3 is 2.42 bits per heavy atom. The third-order valence-corrected chi connectivity index (χ3v) is 3.60. The van der Waals surface area contributed by atoms with Gasteiger partial charge in [-0.3, -0.25) is 9.59 Å². The van der Waals surface area contributed by atoms with Gasteiger partial charge in [0.15, 0.2) is 0 Å². The number of anilines is 1. The van der Waals surface area contributed by atoms with Gasteiger partial charge in [-0.15, -0.1) is 0 Å². The molecule has 5 nitrogen and oxygen atoms in total. The van der Waals surface area contributed by atoms with E-state index in [0.29, 0.717) is 17.0 Å². The molecule has 24 heavy (non-hydrogen) atoms. The summed E-state index contributed by atoms with van der Waals surface area (Å²) >= 11 is 0. The van der Waals surface area contributed by atoms with Crippen LogP contribution in [0.2, 0.25) is 0 Å². The van der Waals surface area contributed by atoms with E-state index in [-0.39, 0.29) is 17.9 Å². The van der Waals surface area contributed by atoms with Gasteiger partial charge in [-0.2, -0.15) is 0 Å². The summed E-state index contributed by atoms with van der Waals surface area (Å²) in [6.45, 7) is 9.24. The first kappa shape index (κ1) is 17.8. The van der Waals surface area contributed by atoms with Crippen LogP contribution in [-0.2, 0) is 4.79 Å². The topological polar surface area (TPSA) is 71.3 Å². The molecule has 128 valence electrons. The van der Waals surface area contributed by atoms with Crippen molar-refractivity contribution in [3.8, 4) is 0 Å². The zero-order chi connectivity index (χ0) is 17.9. The van der Waals surface area contributed by atoms with Crippen molar-refractivity contribution in [2.45, 2.75) is 40.7 Å². The van der Waals surface area contributed by atoms with Crippen molar-refractivity contribution in [2.75, 3.05) is 5.32 Å². The number of nitrogens with one attached hydrogen (secondary N) is 2. The van der Waals surface area contributed by atoms with Gasteiger partial charge in [0.1, 0.15) is 11.5 Å². The van der Waals surface area contributed by atoms with E-state index >= 15 is 0 Å². The number of hydrogen-bond donors (Lipinski definition) is 2. The Bertz CT molecular complexity index is 741. The van der Waals surface area contributed by atoms with Gasteiger partial charge in [-0.05, 0) is 44.2 Å². The minimum atomic E-state index is -0.496. The highest BCUT2D eigenvalue weighted by Gasteiger charge is 2.21. The van der Waals surface area contributed by atoms with Gasteiger partial charge in [0, 0.05) is 16.7 Å². The smallest absolute Gasteiger partial charge is 0.251 e. The zero-order valence-corrected chi connectivity index (χ0v) is 14.8. The highest BCUT2D eigenvalue weighted by molar-refractivity contribution is 5.98. The number of hydrogen-bond acceptors (Lipinski definition) is 3. The largest absolute Gasteiger partial charge is 0.464 e. The fraction of sp³-hybridized carbons (Fsp3) is 0.368. The average Bonchev–Trinajstić information content (AvgIpc) is 2.93. The maximum Gasteiger partial charge on any atom is 0.251 e. The van der Waals surface area contributed by atoms with Crippen molar-refractivity contribution < 1.29 is 14.0 Å². The Balaban J connectivity index is 2.07. The summed E-state index contributed by atoms with van der Waals surface area (Å²) in [7, 11) is 0. The number of amides is 2. The molecule has 1 aromatic heterocycles. The van der Waals surface area contributed by atoms with Crippen LogP contribution in [0.4, 0.5) is 5.69 Å². The molecule has 1 heterocycles. The van der Waals surface area contributed by atoms with E-state index in [1.807, 2.05) is 46.8 Å². The number of rotatable bonds is 4. The summed E-state index contributed by atoms with van der Waals surface area (Å²) in [4.78, 5) is 24.5. The molecular weight excluding hydrogens is 304 g/mol. The second kappa shape index (κ2) is 6.91. The van der Waals surface area contributed by atoms with Gasteiger partial charge in [0.2, 0.25) is 5.91 Å². The van der Waals surface area contributed by atoms with E-state index in [1.54, 1.807) is 24.3 Å². The fourth-order valence-corrected chi connectivity index (χ4v) is 2.09. The number of furan rings is 1. The Hall–Kier alpha value is -2.56. The van der Waals surface area contributed by atoms with E-state index in [4.69, 9.17) is 4.42 Å². The summed E-state index contributed by atoms with van der Waals surface area (Å²) in [5.41, 5.74) is 0.588. The molecule has 0 saturated heterocycles.